The Labute approximate surface area is 126 Å². The third-order valence-electron chi connectivity index (χ3n) is 3.43. The van der Waals surface area contributed by atoms with Crippen molar-refractivity contribution in [2.24, 2.45) is 0 Å². The summed E-state index contributed by atoms with van der Waals surface area (Å²) in [6.07, 6.45) is 0. The summed E-state index contributed by atoms with van der Waals surface area (Å²) >= 11 is 0. The number of rotatable bonds is 2. The van der Waals surface area contributed by atoms with Crippen molar-refractivity contribution in [3.8, 4) is 22.6 Å². The first-order valence-corrected chi connectivity index (χ1v) is 6.77. The lowest BCUT2D eigenvalue weighted by Crippen LogP contribution is -2.08. The summed E-state index contributed by atoms with van der Waals surface area (Å²) in [5.41, 5.74) is 9.16. The second-order valence-corrected chi connectivity index (χ2v) is 5.06. The van der Waals surface area contributed by atoms with Gasteiger partial charge in [-0.3, -0.25) is 4.79 Å². The summed E-state index contributed by atoms with van der Waals surface area (Å²) in [6.45, 7) is 1.91. The van der Waals surface area contributed by atoms with E-state index in [1.54, 1.807) is 18.2 Å². The molecule has 110 valence electrons. The molecule has 5 heteroatoms. The van der Waals surface area contributed by atoms with Gasteiger partial charge in [0.2, 0.25) is 0 Å². The fraction of sp³-hybridized carbons (Fsp3) is 0.0588. The molecule has 0 spiro atoms. The molecule has 0 fully saturated rings. The Morgan fingerprint density at radius 1 is 1.05 bits per heavy atom. The van der Waals surface area contributed by atoms with E-state index in [9.17, 15) is 9.18 Å². The molecule has 0 atom stereocenters. The van der Waals surface area contributed by atoms with Crippen molar-refractivity contribution in [1.29, 1.82) is 0 Å². The van der Waals surface area contributed by atoms with Crippen LogP contribution in [-0.2, 0) is 0 Å². The van der Waals surface area contributed by atoms with Gasteiger partial charge >= 0.3 is 0 Å². The number of hydrogen-bond acceptors (Lipinski definition) is 3. The first-order chi connectivity index (χ1) is 10.5. The molecule has 0 aliphatic carbocycles. The number of nitrogens with two attached hydrogens (primary N) is 1. The van der Waals surface area contributed by atoms with Gasteiger partial charge in [0.15, 0.2) is 0 Å². The zero-order valence-corrected chi connectivity index (χ0v) is 11.9. The van der Waals surface area contributed by atoms with Crippen molar-refractivity contribution < 1.29 is 4.39 Å². The minimum atomic E-state index is -0.339. The van der Waals surface area contributed by atoms with Gasteiger partial charge in [-0.25, -0.2) is 9.37 Å². The second-order valence-electron chi connectivity index (χ2n) is 5.06. The normalized spacial score (nSPS) is 10.6. The average Bonchev–Trinajstić information content (AvgIpc) is 2.50. The number of aromatic nitrogens is 2. The van der Waals surface area contributed by atoms with Gasteiger partial charge in [0.25, 0.3) is 5.56 Å². The summed E-state index contributed by atoms with van der Waals surface area (Å²) in [5.74, 6) is 0.0511. The van der Waals surface area contributed by atoms with E-state index < -0.39 is 0 Å². The van der Waals surface area contributed by atoms with E-state index in [-0.39, 0.29) is 11.4 Å². The molecule has 0 aliphatic rings. The average molecular weight is 295 g/mol. The van der Waals surface area contributed by atoms with Crippen molar-refractivity contribution in [3.63, 3.8) is 0 Å². The first kappa shape index (κ1) is 14.0. The molecule has 0 aliphatic heterocycles. The van der Waals surface area contributed by atoms with Crippen LogP contribution in [0.1, 0.15) is 5.56 Å². The predicted molar refractivity (Wildman–Crippen MR) is 84.8 cm³/mol. The van der Waals surface area contributed by atoms with Crippen molar-refractivity contribution in [3.05, 3.63) is 70.3 Å². The Kier molecular flexibility index (Phi) is 3.47. The Hall–Kier alpha value is -2.95. The summed E-state index contributed by atoms with van der Waals surface area (Å²) in [6, 6.07) is 12.7. The van der Waals surface area contributed by atoms with Crippen LogP contribution in [-0.4, -0.2) is 9.97 Å². The topological polar surface area (TPSA) is 71.8 Å². The lowest BCUT2D eigenvalue weighted by molar-refractivity contribution is 0.628. The molecule has 1 heterocycles. The Bertz CT molecular complexity index is 885. The molecule has 3 aromatic rings. The molecule has 0 saturated heterocycles. The Morgan fingerprint density at radius 3 is 2.41 bits per heavy atom. The highest BCUT2D eigenvalue weighted by Crippen LogP contribution is 2.23. The van der Waals surface area contributed by atoms with E-state index in [2.05, 4.69) is 9.97 Å². The van der Waals surface area contributed by atoms with E-state index in [1.807, 2.05) is 19.1 Å². The smallest absolute Gasteiger partial charge is 0.251 e. The highest BCUT2D eigenvalue weighted by Gasteiger charge is 2.07. The molecule has 22 heavy (non-hydrogen) atoms. The van der Waals surface area contributed by atoms with Crippen LogP contribution in [0.25, 0.3) is 22.6 Å². The van der Waals surface area contributed by atoms with Crippen LogP contribution in [0.5, 0.6) is 0 Å². The highest BCUT2D eigenvalue weighted by atomic mass is 19.1. The maximum Gasteiger partial charge on any atom is 0.251 e. The number of halogens is 1. The number of nitrogens with zero attached hydrogens (tertiary/aromatic N) is 1. The van der Waals surface area contributed by atoms with Gasteiger partial charge in [-0.05, 0) is 42.8 Å². The van der Waals surface area contributed by atoms with Crippen LogP contribution in [0.3, 0.4) is 0 Å². The monoisotopic (exact) mass is 295 g/mol. The van der Waals surface area contributed by atoms with Gasteiger partial charge in [0.1, 0.15) is 11.6 Å². The van der Waals surface area contributed by atoms with Crippen LogP contribution >= 0.6 is 0 Å². The van der Waals surface area contributed by atoms with Crippen LogP contribution in [0.4, 0.5) is 10.1 Å². The summed E-state index contributed by atoms with van der Waals surface area (Å²) in [4.78, 5) is 19.0. The van der Waals surface area contributed by atoms with Crippen molar-refractivity contribution in [2.75, 3.05) is 5.73 Å². The maximum absolute atomic E-state index is 13.0. The first-order valence-electron chi connectivity index (χ1n) is 6.77. The molecule has 1 aromatic heterocycles. The van der Waals surface area contributed by atoms with Crippen molar-refractivity contribution in [1.82, 2.24) is 9.97 Å². The molecule has 3 N–H and O–H groups in total. The van der Waals surface area contributed by atoms with E-state index >= 15 is 0 Å². The number of H-pyrrole nitrogens is 1. The van der Waals surface area contributed by atoms with Gasteiger partial charge in [-0.1, -0.05) is 12.1 Å². The van der Waals surface area contributed by atoms with Gasteiger partial charge in [-0.2, -0.15) is 0 Å². The second kappa shape index (κ2) is 5.44. The number of nitrogens with one attached hydrogen (secondary N) is 1. The fourth-order valence-corrected chi connectivity index (χ4v) is 2.15. The Morgan fingerprint density at radius 2 is 1.73 bits per heavy atom. The molecule has 0 saturated carbocycles. The predicted octanol–water partition coefficient (Wildman–Crippen LogP) is 3.13. The summed E-state index contributed by atoms with van der Waals surface area (Å²) in [7, 11) is 0. The highest BCUT2D eigenvalue weighted by molar-refractivity contribution is 5.67. The minimum Gasteiger partial charge on any atom is -0.398 e. The number of aromatic amines is 1. The lowest BCUT2D eigenvalue weighted by atomic mass is 10.1. The summed E-state index contributed by atoms with van der Waals surface area (Å²) in [5, 5.41) is 0. The Balaban J connectivity index is 2.12. The van der Waals surface area contributed by atoms with Gasteiger partial charge in [-0.15, -0.1) is 0 Å². The molecule has 0 bridgehead atoms. The number of aryl methyl sites for hydroxylation is 1. The van der Waals surface area contributed by atoms with Crippen LogP contribution in [0, 0.1) is 12.7 Å². The minimum absolute atomic E-state index is 0.275. The molecular weight excluding hydrogens is 281 g/mol. The van der Waals surface area contributed by atoms with Gasteiger partial charge in [0.05, 0.1) is 5.69 Å². The van der Waals surface area contributed by atoms with Crippen molar-refractivity contribution in [2.45, 2.75) is 6.92 Å². The standard InChI is InChI=1S/C17H14FN3O/c1-10-2-3-12(8-14(10)19)15-9-16(22)21-17(20-15)11-4-6-13(18)7-5-11/h2-9H,19H2,1H3,(H,20,21,22). The third-order valence-corrected chi connectivity index (χ3v) is 3.43. The van der Waals surface area contributed by atoms with Crippen LogP contribution in [0.15, 0.2) is 53.3 Å². The van der Waals surface area contributed by atoms with Crippen molar-refractivity contribution >= 4 is 5.69 Å². The molecule has 3 rings (SSSR count). The van der Waals surface area contributed by atoms with Crippen LogP contribution < -0.4 is 11.3 Å². The van der Waals surface area contributed by atoms with Gasteiger partial charge < -0.3 is 10.7 Å². The fourth-order valence-electron chi connectivity index (χ4n) is 2.15. The maximum atomic E-state index is 13.0. The van der Waals surface area contributed by atoms with Crippen LogP contribution in [0.2, 0.25) is 0 Å². The number of anilines is 1. The number of hydrogen-bond donors (Lipinski definition) is 2. The van der Waals surface area contributed by atoms with E-state index in [0.29, 0.717) is 22.8 Å². The number of benzene rings is 2. The molecular formula is C17H14FN3O. The largest absolute Gasteiger partial charge is 0.398 e. The molecule has 0 amide bonds. The molecule has 2 aromatic carbocycles. The molecule has 0 unspecified atom stereocenters. The molecule has 0 radical (unpaired) electrons. The van der Waals surface area contributed by atoms with E-state index in [1.165, 1.54) is 18.2 Å². The zero-order valence-electron chi connectivity index (χ0n) is 11.9. The SMILES string of the molecule is Cc1ccc(-c2cc(=O)[nH]c(-c3ccc(F)cc3)n2)cc1N. The third kappa shape index (κ3) is 2.74. The van der Waals surface area contributed by atoms with E-state index in [0.717, 1.165) is 11.1 Å². The summed E-state index contributed by atoms with van der Waals surface area (Å²) < 4.78 is 13.0. The quantitative estimate of drug-likeness (QED) is 0.713. The number of nitrogen functional groups attached to an aromatic ring is 1. The molecule has 4 nitrogen and oxygen atoms in total. The lowest BCUT2D eigenvalue weighted by Gasteiger charge is -2.07. The van der Waals surface area contributed by atoms with Gasteiger partial charge in [0, 0.05) is 22.9 Å². The van der Waals surface area contributed by atoms with E-state index in [4.69, 9.17) is 5.73 Å². The zero-order chi connectivity index (χ0) is 15.7.